The molecule has 600 valence electrons. The molecule has 7 aliphatic rings. The lowest BCUT2D eigenvalue weighted by molar-refractivity contribution is -0.215. The average Bonchev–Trinajstić information content (AvgIpc) is 1.15. The van der Waals surface area contributed by atoms with E-state index in [9.17, 15) is 55.1 Å². The molecule has 32 heteroatoms. The summed E-state index contributed by atoms with van der Waals surface area (Å²) in [5.41, 5.74) is -1.62. The number of nitrogens with zero attached hydrogens (tertiary/aromatic N) is 9. The highest BCUT2D eigenvalue weighted by atomic mass is 19.4. The van der Waals surface area contributed by atoms with Crippen molar-refractivity contribution >= 4 is 70.9 Å². The average molecular weight is 1510 g/mol. The minimum Gasteiger partial charge on any atom is -0.381 e. The number of fused-ring (bicyclic) bond motifs is 3. The van der Waals surface area contributed by atoms with Gasteiger partial charge in [0.1, 0.15) is 53.9 Å². The number of amides is 12. The standard InChI is InChI=1S/C74H118F6N12O14/c1-14-44(4)61-69(102)86(8)43-60(95)88(10)53-25-18-17-21-36-91(68(53)101)56(37-45-26-30-48(31-27-45)73(75,76)77)67(100)85(7)42-58(93)81-51(33-29-46-28-32-50(74(78,79)80)57(38-46)105-13)65(98)92-41-49(106-16-3)39-54(92)64(97)83-72(34-22-35-72)71(104)90(12)62(47-23-19-20-24-47)70(103)89(11)55(66(99)84(5)6)40-59(94)87(9)52(15-2)63(96)82-61/h44-57,61-62H,14-43H2,1-13H3,(H,81,93)(H,82,96)(H,83,97)/t44-,45?,46?,48?,49+,50?,51-,52-,53-,54-,55-,56-,57?,61-,62-/m0/s1. The topological polar surface area (TPSA) is 289 Å². The van der Waals surface area contributed by atoms with Gasteiger partial charge in [-0.15, -0.1) is 0 Å². The van der Waals surface area contributed by atoms with Crippen LogP contribution in [0.1, 0.15) is 188 Å². The van der Waals surface area contributed by atoms with Gasteiger partial charge in [-0.2, -0.15) is 26.3 Å². The summed E-state index contributed by atoms with van der Waals surface area (Å²) in [4.78, 5) is 191. The lowest BCUT2D eigenvalue weighted by Gasteiger charge is -2.46. The van der Waals surface area contributed by atoms with Crippen LogP contribution >= 0.6 is 0 Å². The Morgan fingerprint density at radius 3 is 1.82 bits per heavy atom. The molecule has 3 saturated heterocycles. The molecular weight excluding hydrogens is 1390 g/mol. The van der Waals surface area contributed by atoms with Gasteiger partial charge in [0.05, 0.1) is 43.6 Å². The molecular formula is C74H118F6N12O14. The van der Waals surface area contributed by atoms with Crippen molar-refractivity contribution in [3.8, 4) is 0 Å². The molecule has 0 aromatic carbocycles. The Bertz CT molecular complexity index is 3110. The van der Waals surface area contributed by atoms with Gasteiger partial charge in [-0.3, -0.25) is 57.5 Å². The van der Waals surface area contributed by atoms with Gasteiger partial charge in [-0.05, 0) is 146 Å². The first-order valence-corrected chi connectivity index (χ1v) is 38.4. The van der Waals surface area contributed by atoms with Gasteiger partial charge in [0.2, 0.25) is 70.9 Å². The molecule has 2 bridgehead atoms. The van der Waals surface area contributed by atoms with E-state index in [1.165, 1.54) is 88.0 Å². The lowest BCUT2D eigenvalue weighted by Crippen LogP contribution is -2.68. The smallest absolute Gasteiger partial charge is 0.381 e. The van der Waals surface area contributed by atoms with Crippen molar-refractivity contribution in [3.63, 3.8) is 0 Å². The number of carbonyl (C=O) groups is 12. The van der Waals surface area contributed by atoms with E-state index in [2.05, 4.69) is 16.0 Å². The molecule has 4 saturated carbocycles. The number of methoxy groups -OCH3 is 1. The minimum absolute atomic E-state index is 0.0209. The van der Waals surface area contributed by atoms with Crippen LogP contribution < -0.4 is 16.0 Å². The summed E-state index contributed by atoms with van der Waals surface area (Å²) >= 11 is 0. The predicted molar refractivity (Wildman–Crippen MR) is 378 cm³/mol. The van der Waals surface area contributed by atoms with Gasteiger partial charge in [-0.25, -0.2) is 0 Å². The number of alkyl halides is 6. The molecule has 0 aromatic rings. The SMILES string of the molecule is CCO[C@@H]1C[C@H]2C(=O)NC3(CCC3)C(=O)N(C)[C@@H](C3CCCC3)C(=O)N(C)[C@H](C(=O)N(C)C)CC(=O)N(C)[C@@H](CC)C(=O)N[C@@H]([C@@H](C)CC)C(=O)N(C)CC(=O)N(C)[C@H]3CCCCCN(C3=O)[C@@H](CC3CCC(C(F)(F)F)CC3)C(=O)N(C)CC(=O)N[C@@H](CCC3CCC(C(F)(F)F)C(OC)C3)C(=O)N2C1. The third kappa shape index (κ3) is 20.7. The molecule has 3 N–H and O–H groups in total. The van der Waals surface area contributed by atoms with Gasteiger partial charge in [-0.1, -0.05) is 52.9 Å². The van der Waals surface area contributed by atoms with Gasteiger partial charge in [0.15, 0.2) is 0 Å². The molecule has 106 heavy (non-hydrogen) atoms. The molecule has 13 atom stereocenters. The fourth-order valence-electron chi connectivity index (χ4n) is 17.3. The van der Waals surface area contributed by atoms with Crippen molar-refractivity contribution in [1.29, 1.82) is 0 Å². The highest BCUT2D eigenvalue weighted by Gasteiger charge is 2.55. The fraction of sp³-hybridized carbons (Fsp3) is 0.838. The van der Waals surface area contributed by atoms with Crippen LogP contribution in [0.2, 0.25) is 0 Å². The molecule has 0 aromatic heterocycles. The van der Waals surface area contributed by atoms with Crippen LogP contribution in [-0.4, -0.2) is 290 Å². The van der Waals surface area contributed by atoms with Crippen molar-refractivity contribution in [1.82, 2.24) is 60.0 Å². The highest BCUT2D eigenvalue weighted by Crippen LogP contribution is 2.45. The largest absolute Gasteiger partial charge is 0.394 e. The maximum atomic E-state index is 15.6. The van der Waals surface area contributed by atoms with Crippen molar-refractivity contribution in [3.05, 3.63) is 0 Å². The van der Waals surface area contributed by atoms with Crippen molar-refractivity contribution in [2.75, 3.05) is 96.3 Å². The van der Waals surface area contributed by atoms with Crippen LogP contribution in [0.4, 0.5) is 26.3 Å². The van der Waals surface area contributed by atoms with Gasteiger partial charge in [0, 0.05) is 89.6 Å². The number of nitrogens with one attached hydrogen (secondary N) is 3. The summed E-state index contributed by atoms with van der Waals surface area (Å²) in [5, 5.41) is 8.61. The zero-order valence-corrected chi connectivity index (χ0v) is 64.5. The summed E-state index contributed by atoms with van der Waals surface area (Å²) in [6.07, 6.45) is -7.56. The van der Waals surface area contributed by atoms with Gasteiger partial charge < -0.3 is 69.5 Å². The molecule has 3 aliphatic heterocycles. The lowest BCUT2D eigenvalue weighted by atomic mass is 9.74. The molecule has 26 nitrogen and oxygen atoms in total. The summed E-state index contributed by atoms with van der Waals surface area (Å²) < 4.78 is 96.7. The first-order chi connectivity index (χ1) is 49.8. The number of carbonyl (C=O) groups excluding carboxylic acids is 12. The summed E-state index contributed by atoms with van der Waals surface area (Å²) in [6.45, 7) is 5.45. The molecule has 1 spiro atoms. The third-order valence-electron chi connectivity index (χ3n) is 24.3. The van der Waals surface area contributed by atoms with Crippen molar-refractivity contribution < 1.29 is 93.4 Å². The Morgan fingerprint density at radius 1 is 0.613 bits per heavy atom. The first-order valence-electron chi connectivity index (χ1n) is 38.4. The maximum absolute atomic E-state index is 15.6. The van der Waals surface area contributed by atoms with Crippen LogP contribution in [0.5, 0.6) is 0 Å². The monoisotopic (exact) mass is 1510 g/mol. The molecule has 4 aliphatic carbocycles. The minimum atomic E-state index is -4.56. The van der Waals surface area contributed by atoms with E-state index < -0.39 is 204 Å². The Morgan fingerprint density at radius 2 is 1.25 bits per heavy atom. The van der Waals surface area contributed by atoms with E-state index in [-0.39, 0.29) is 116 Å². The Kier molecular flexibility index (Phi) is 30.6. The van der Waals surface area contributed by atoms with Crippen molar-refractivity contribution in [2.45, 2.75) is 267 Å². The zero-order valence-electron chi connectivity index (χ0n) is 64.5. The van der Waals surface area contributed by atoms with Crippen LogP contribution in [0.3, 0.4) is 0 Å². The maximum Gasteiger partial charge on any atom is 0.394 e. The first kappa shape index (κ1) is 86.4. The van der Waals surface area contributed by atoms with Crippen LogP contribution in [0.25, 0.3) is 0 Å². The Hall–Kier alpha value is -6.86. The van der Waals surface area contributed by atoms with E-state index in [4.69, 9.17) is 9.47 Å². The number of likely N-dealkylation sites (N-methyl/N-ethyl adjacent to an activating group) is 7. The summed E-state index contributed by atoms with van der Waals surface area (Å²) in [5.74, 6) is -14.0. The normalized spacial score (nSPS) is 31.4. The number of hydrogen-bond acceptors (Lipinski definition) is 14. The predicted octanol–water partition coefficient (Wildman–Crippen LogP) is 5.67. The number of halogens is 6. The van der Waals surface area contributed by atoms with E-state index in [1.54, 1.807) is 27.7 Å². The van der Waals surface area contributed by atoms with Crippen LogP contribution in [0, 0.1) is 35.5 Å². The second-order valence-electron chi connectivity index (χ2n) is 31.5. The second-order valence-corrected chi connectivity index (χ2v) is 31.5. The van der Waals surface area contributed by atoms with E-state index in [1.807, 2.05) is 0 Å². The third-order valence-corrected chi connectivity index (χ3v) is 24.3. The molecule has 3 heterocycles. The van der Waals surface area contributed by atoms with E-state index in [0.717, 1.165) is 19.6 Å². The number of ether oxygens (including phenoxy) is 2. The quantitative estimate of drug-likeness (QED) is 0.188. The second kappa shape index (κ2) is 37.5. The van der Waals surface area contributed by atoms with Gasteiger partial charge in [0.25, 0.3) is 0 Å². The molecule has 7 rings (SSSR count). The number of rotatable bonds is 13. The van der Waals surface area contributed by atoms with E-state index >= 15 is 28.8 Å². The summed E-state index contributed by atoms with van der Waals surface area (Å²) in [7, 11) is 12.3. The van der Waals surface area contributed by atoms with Gasteiger partial charge >= 0.3 is 12.4 Å². The molecule has 12 amide bonds. The highest BCUT2D eigenvalue weighted by molar-refractivity contribution is 6.01. The fourth-order valence-corrected chi connectivity index (χ4v) is 17.3. The summed E-state index contributed by atoms with van der Waals surface area (Å²) in [6, 6.07) is -10.7. The van der Waals surface area contributed by atoms with Crippen LogP contribution in [0.15, 0.2) is 0 Å². The van der Waals surface area contributed by atoms with E-state index in [0.29, 0.717) is 57.8 Å². The zero-order chi connectivity index (χ0) is 78.6. The van der Waals surface area contributed by atoms with Crippen LogP contribution in [-0.2, 0) is 67.0 Å². The Labute approximate surface area is 620 Å². The van der Waals surface area contributed by atoms with Crippen molar-refractivity contribution in [2.24, 2.45) is 35.5 Å². The molecule has 3 unspecified atom stereocenters. The molecule has 7 fully saturated rings. The Balaban J connectivity index is 1.31. The number of hydrogen-bond donors (Lipinski definition) is 3. The molecule has 0 radical (unpaired) electrons.